The molecule has 4 saturated carbocycles. The predicted molar refractivity (Wildman–Crippen MR) is 109 cm³/mol. The fraction of sp³-hybridized carbons (Fsp3) is 0.680. The van der Waals surface area contributed by atoms with E-state index in [0.717, 1.165) is 43.2 Å². The highest BCUT2D eigenvalue weighted by Crippen LogP contribution is 2.66. The third kappa shape index (κ3) is 2.37. The molecule has 7 atom stereocenters. The lowest BCUT2D eigenvalue weighted by molar-refractivity contribution is -0.137. The van der Waals surface area contributed by atoms with Crippen LogP contribution in [0.2, 0.25) is 0 Å². The van der Waals surface area contributed by atoms with E-state index in [1.165, 1.54) is 31.2 Å². The van der Waals surface area contributed by atoms with Crippen LogP contribution in [-0.4, -0.2) is 11.5 Å². The third-order valence-electron chi connectivity index (χ3n) is 9.52. The van der Waals surface area contributed by atoms with Crippen molar-refractivity contribution in [2.45, 2.75) is 71.1 Å². The molecule has 27 heavy (non-hydrogen) atoms. The molecule has 5 rings (SSSR count). The Kier molecular flexibility index (Phi) is 3.94. The van der Waals surface area contributed by atoms with Crippen LogP contribution < -0.4 is 0 Å². The molecule has 2 nitrogen and oxygen atoms in total. The largest absolute Gasteiger partial charge is 0.309 e. The van der Waals surface area contributed by atoms with Gasteiger partial charge in [-0.1, -0.05) is 44.2 Å². The van der Waals surface area contributed by atoms with E-state index in [2.05, 4.69) is 44.2 Å². The SMILES string of the molecule is C[C@]12CCC(=N)C(c3ccccc3)C1CCC1C2CC[C@]2(C)C(=O)CCC12. The van der Waals surface area contributed by atoms with Crippen LogP contribution >= 0.6 is 0 Å². The molecule has 1 N–H and O–H groups in total. The summed E-state index contributed by atoms with van der Waals surface area (Å²) in [6.45, 7) is 4.83. The normalized spacial score (nSPS) is 46.5. The van der Waals surface area contributed by atoms with E-state index in [4.69, 9.17) is 5.41 Å². The van der Waals surface area contributed by atoms with Crippen molar-refractivity contribution in [3.05, 3.63) is 35.9 Å². The number of rotatable bonds is 1. The van der Waals surface area contributed by atoms with Crippen molar-refractivity contribution in [3.63, 3.8) is 0 Å². The zero-order valence-electron chi connectivity index (χ0n) is 16.8. The van der Waals surface area contributed by atoms with Gasteiger partial charge in [0, 0.05) is 23.5 Å². The van der Waals surface area contributed by atoms with E-state index in [1.54, 1.807) is 0 Å². The number of carbonyl (C=O) groups is 1. The Labute approximate surface area is 163 Å². The lowest BCUT2D eigenvalue weighted by Crippen LogP contribution is -2.55. The molecule has 0 heterocycles. The number of hydrogen-bond acceptors (Lipinski definition) is 2. The van der Waals surface area contributed by atoms with Gasteiger partial charge in [-0.05, 0) is 79.6 Å². The maximum Gasteiger partial charge on any atom is 0.139 e. The Balaban J connectivity index is 1.50. The van der Waals surface area contributed by atoms with Gasteiger partial charge in [0.25, 0.3) is 0 Å². The molecular formula is C25H33NO. The second-order valence-corrected chi connectivity index (χ2v) is 10.4. The summed E-state index contributed by atoms with van der Waals surface area (Å²) in [4.78, 5) is 12.6. The summed E-state index contributed by atoms with van der Waals surface area (Å²) in [7, 11) is 0. The molecule has 2 heteroatoms. The van der Waals surface area contributed by atoms with Crippen molar-refractivity contribution in [1.29, 1.82) is 5.41 Å². The van der Waals surface area contributed by atoms with E-state index in [0.29, 0.717) is 29.0 Å². The van der Waals surface area contributed by atoms with Gasteiger partial charge in [0.05, 0.1) is 0 Å². The molecule has 5 unspecified atom stereocenters. The van der Waals surface area contributed by atoms with Gasteiger partial charge in [0.2, 0.25) is 0 Å². The zero-order chi connectivity index (χ0) is 18.8. The van der Waals surface area contributed by atoms with Gasteiger partial charge in [-0.2, -0.15) is 0 Å². The topological polar surface area (TPSA) is 40.9 Å². The van der Waals surface area contributed by atoms with Gasteiger partial charge < -0.3 is 5.41 Å². The van der Waals surface area contributed by atoms with E-state index < -0.39 is 0 Å². The van der Waals surface area contributed by atoms with Crippen LogP contribution in [0.1, 0.15) is 76.7 Å². The Bertz CT molecular complexity index is 770. The molecule has 1 aromatic carbocycles. The number of benzene rings is 1. The Hall–Kier alpha value is -1.44. The minimum Gasteiger partial charge on any atom is -0.309 e. The summed E-state index contributed by atoms with van der Waals surface area (Å²) in [5.74, 6) is 3.57. The second kappa shape index (κ2) is 6.03. The zero-order valence-corrected chi connectivity index (χ0v) is 16.8. The van der Waals surface area contributed by atoms with Crippen molar-refractivity contribution in [3.8, 4) is 0 Å². The van der Waals surface area contributed by atoms with E-state index in [9.17, 15) is 4.79 Å². The fourth-order valence-electron chi connectivity index (χ4n) is 8.07. The minimum absolute atomic E-state index is 0.0232. The molecule has 4 fully saturated rings. The molecule has 4 aliphatic carbocycles. The Morgan fingerprint density at radius 1 is 0.889 bits per heavy atom. The van der Waals surface area contributed by atoms with Crippen LogP contribution in [0, 0.1) is 39.9 Å². The first-order chi connectivity index (χ1) is 12.9. The summed E-state index contributed by atoms with van der Waals surface area (Å²) < 4.78 is 0. The number of Topliss-reactive ketones (excluding diaryl/α,β-unsaturated/α-hetero) is 1. The predicted octanol–water partition coefficient (Wildman–Crippen LogP) is 6.01. The molecule has 0 saturated heterocycles. The van der Waals surface area contributed by atoms with Crippen molar-refractivity contribution in [2.75, 3.05) is 0 Å². The van der Waals surface area contributed by atoms with Crippen molar-refractivity contribution >= 4 is 11.5 Å². The van der Waals surface area contributed by atoms with Gasteiger partial charge in [-0.15, -0.1) is 0 Å². The van der Waals surface area contributed by atoms with Gasteiger partial charge >= 0.3 is 0 Å². The first-order valence-electron chi connectivity index (χ1n) is 11.1. The van der Waals surface area contributed by atoms with Gasteiger partial charge in [0.1, 0.15) is 5.78 Å². The summed E-state index contributed by atoms with van der Waals surface area (Å²) in [6, 6.07) is 10.8. The van der Waals surface area contributed by atoms with Crippen LogP contribution in [0.5, 0.6) is 0 Å². The van der Waals surface area contributed by atoms with Gasteiger partial charge in [0.15, 0.2) is 0 Å². The first-order valence-corrected chi connectivity index (χ1v) is 11.1. The average Bonchev–Trinajstić information content (AvgIpc) is 2.98. The molecule has 0 aliphatic heterocycles. The summed E-state index contributed by atoms with van der Waals surface area (Å²) in [5.41, 5.74) is 2.62. The van der Waals surface area contributed by atoms with Crippen LogP contribution in [0.15, 0.2) is 30.3 Å². The van der Waals surface area contributed by atoms with Crippen LogP contribution in [0.25, 0.3) is 0 Å². The van der Waals surface area contributed by atoms with Crippen LogP contribution in [0.3, 0.4) is 0 Å². The number of nitrogens with one attached hydrogen (secondary N) is 1. The highest BCUT2D eigenvalue weighted by molar-refractivity contribution is 5.90. The summed E-state index contributed by atoms with van der Waals surface area (Å²) in [5, 5.41) is 8.76. The van der Waals surface area contributed by atoms with E-state index in [-0.39, 0.29) is 5.41 Å². The third-order valence-corrected chi connectivity index (χ3v) is 9.52. The van der Waals surface area contributed by atoms with Crippen LogP contribution in [0.4, 0.5) is 0 Å². The average molecular weight is 364 g/mol. The highest BCUT2D eigenvalue weighted by atomic mass is 16.1. The standard InChI is InChI=1S/C25H33NO/c1-24-15-13-21(26)23(16-6-4-3-5-7-16)20(24)9-8-17-18-10-11-22(27)25(18,2)14-12-19(17)24/h3-7,17-20,23,26H,8-15H2,1-2H3/t17?,18?,19?,20?,23?,24-,25+/m1/s1. The molecule has 0 amide bonds. The van der Waals surface area contributed by atoms with Crippen molar-refractivity contribution in [1.82, 2.24) is 0 Å². The van der Waals surface area contributed by atoms with E-state index >= 15 is 0 Å². The Morgan fingerprint density at radius 2 is 1.67 bits per heavy atom. The first kappa shape index (κ1) is 17.6. The van der Waals surface area contributed by atoms with Gasteiger partial charge in [-0.25, -0.2) is 0 Å². The molecular weight excluding hydrogens is 330 g/mol. The molecule has 0 bridgehead atoms. The quantitative estimate of drug-likeness (QED) is 0.652. The van der Waals surface area contributed by atoms with Crippen LogP contribution in [-0.2, 0) is 4.79 Å². The molecule has 4 aliphatic rings. The summed E-state index contributed by atoms with van der Waals surface area (Å²) in [6.07, 6.45) is 8.93. The number of carbonyl (C=O) groups excluding carboxylic acids is 1. The second-order valence-electron chi connectivity index (χ2n) is 10.4. The van der Waals surface area contributed by atoms with Crippen molar-refractivity contribution < 1.29 is 4.79 Å². The molecule has 144 valence electrons. The number of hydrogen-bond donors (Lipinski definition) is 1. The molecule has 0 spiro atoms. The molecule has 0 aromatic heterocycles. The van der Waals surface area contributed by atoms with Crippen molar-refractivity contribution in [2.24, 2.45) is 34.5 Å². The lowest BCUT2D eigenvalue weighted by Gasteiger charge is -2.61. The molecule has 0 radical (unpaired) electrons. The van der Waals surface area contributed by atoms with Gasteiger partial charge in [-0.3, -0.25) is 4.79 Å². The summed E-state index contributed by atoms with van der Waals surface area (Å²) >= 11 is 0. The number of ketones is 1. The number of fused-ring (bicyclic) bond motifs is 5. The smallest absolute Gasteiger partial charge is 0.139 e. The minimum atomic E-state index is -0.0232. The highest BCUT2D eigenvalue weighted by Gasteiger charge is 2.61. The fourth-order valence-corrected chi connectivity index (χ4v) is 8.07. The lowest BCUT2D eigenvalue weighted by atomic mass is 9.43. The molecule has 1 aromatic rings. The maximum atomic E-state index is 12.6. The van der Waals surface area contributed by atoms with E-state index in [1.807, 2.05) is 0 Å². The maximum absolute atomic E-state index is 12.6. The Morgan fingerprint density at radius 3 is 2.44 bits per heavy atom. The monoisotopic (exact) mass is 363 g/mol.